The number of aromatic nitrogens is 4. The summed E-state index contributed by atoms with van der Waals surface area (Å²) in [7, 11) is -3.24. The van der Waals surface area contributed by atoms with Gasteiger partial charge in [0, 0.05) is 36.8 Å². The molecule has 3 heterocycles. The number of hydrogen-bond donors (Lipinski definition) is 2. The van der Waals surface area contributed by atoms with Crippen molar-refractivity contribution in [2.45, 2.75) is 12.4 Å². The highest BCUT2D eigenvalue weighted by Gasteiger charge is 2.26. The molecule has 0 aliphatic carbocycles. The molecule has 0 saturated heterocycles. The van der Waals surface area contributed by atoms with Crippen LogP contribution in [-0.4, -0.2) is 33.9 Å². The molecule has 3 aromatic heterocycles. The second-order valence-corrected chi connectivity index (χ2v) is 10.2. The molecule has 39 heavy (non-hydrogen) atoms. The Morgan fingerprint density at radius 2 is 1.77 bits per heavy atom. The minimum Gasteiger partial charge on any atom is -0.487 e. The highest BCUT2D eigenvalue weighted by Crippen LogP contribution is 2.39. The molecule has 2 aromatic carbocycles. The second kappa shape index (κ2) is 10.3. The molecule has 0 amide bonds. The summed E-state index contributed by atoms with van der Waals surface area (Å²) in [6.07, 6.45) is 4.94. The van der Waals surface area contributed by atoms with Gasteiger partial charge in [-0.2, -0.15) is 13.9 Å². The molecular weight excluding hydrogens is 533 g/mol. The Morgan fingerprint density at radius 1 is 1.05 bits per heavy atom. The summed E-state index contributed by atoms with van der Waals surface area (Å²) >= 11 is 0. The molecule has 0 saturated carbocycles. The molecule has 0 spiro atoms. The van der Waals surface area contributed by atoms with E-state index in [2.05, 4.69) is 15.1 Å². The predicted molar refractivity (Wildman–Crippen MR) is 141 cm³/mol. The van der Waals surface area contributed by atoms with E-state index in [-0.39, 0.29) is 23.9 Å². The summed E-state index contributed by atoms with van der Waals surface area (Å²) in [5.41, 5.74) is 9.83. The van der Waals surface area contributed by atoms with Gasteiger partial charge in [0.1, 0.15) is 29.7 Å². The third-order valence-corrected chi connectivity index (χ3v) is 6.91. The highest BCUT2D eigenvalue weighted by atomic mass is 32.2. The third-order valence-electron chi connectivity index (χ3n) is 5.93. The zero-order valence-electron chi connectivity index (χ0n) is 20.3. The van der Waals surface area contributed by atoms with Gasteiger partial charge in [0.05, 0.1) is 16.6 Å². The van der Waals surface area contributed by atoms with Crippen LogP contribution in [0.25, 0.3) is 33.3 Å². The van der Waals surface area contributed by atoms with E-state index in [1.165, 1.54) is 42.5 Å². The van der Waals surface area contributed by atoms with Crippen LogP contribution in [0.15, 0.2) is 73.2 Å². The first kappa shape index (κ1) is 26.0. The molecule has 9 nitrogen and oxygen atoms in total. The summed E-state index contributed by atoms with van der Waals surface area (Å²) in [6, 6.07) is 13.4. The molecular formula is C26H21F3N6O3S. The molecule has 0 fully saturated rings. The summed E-state index contributed by atoms with van der Waals surface area (Å²) < 4.78 is 72.6. The average Bonchev–Trinajstić information content (AvgIpc) is 3.27. The van der Waals surface area contributed by atoms with Gasteiger partial charge in [-0.15, -0.1) is 0 Å². The van der Waals surface area contributed by atoms with Crippen molar-refractivity contribution in [1.82, 2.24) is 19.7 Å². The van der Waals surface area contributed by atoms with Gasteiger partial charge < -0.3 is 10.5 Å². The van der Waals surface area contributed by atoms with E-state index in [0.29, 0.717) is 27.7 Å². The quantitative estimate of drug-likeness (QED) is 0.278. The molecule has 0 aliphatic heterocycles. The summed E-state index contributed by atoms with van der Waals surface area (Å²) in [5, 5.41) is 5.17. The fourth-order valence-corrected chi connectivity index (χ4v) is 4.66. The van der Waals surface area contributed by atoms with Crippen LogP contribution in [0.1, 0.15) is 5.56 Å². The van der Waals surface area contributed by atoms with Crippen molar-refractivity contribution in [3.8, 4) is 28.1 Å². The molecule has 0 atom stereocenters. The van der Waals surface area contributed by atoms with Crippen molar-refractivity contribution < 1.29 is 26.3 Å². The zero-order valence-corrected chi connectivity index (χ0v) is 21.2. The first-order chi connectivity index (χ1) is 18.6. The maximum Gasteiger partial charge on any atom is 0.355 e. The Kier molecular flexibility index (Phi) is 6.83. The van der Waals surface area contributed by atoms with Gasteiger partial charge in [0.15, 0.2) is 0 Å². The van der Waals surface area contributed by atoms with Crippen LogP contribution >= 0.6 is 0 Å². The van der Waals surface area contributed by atoms with Gasteiger partial charge in [-0.3, -0.25) is 14.4 Å². The molecule has 0 bridgehead atoms. The molecule has 0 unspecified atom stereocenters. The lowest BCUT2D eigenvalue weighted by Gasteiger charge is -2.15. The zero-order chi connectivity index (χ0) is 27.7. The smallest absolute Gasteiger partial charge is 0.355 e. The number of nitrogen functional groups attached to an aromatic ring is 1. The number of hydrogen-bond acceptors (Lipinski definition) is 7. The number of nitrogens with two attached hydrogens (primary N) is 1. The molecule has 0 radical (unpaired) electrons. The lowest BCUT2D eigenvalue weighted by molar-refractivity contribution is 0.236. The third kappa shape index (κ3) is 5.21. The molecule has 200 valence electrons. The summed E-state index contributed by atoms with van der Waals surface area (Å²) in [5.74, 6) is -3.93. The number of anilines is 2. The summed E-state index contributed by atoms with van der Waals surface area (Å²) in [6.45, 7) is -0.0913. The Morgan fingerprint density at radius 3 is 2.46 bits per heavy atom. The Labute approximate surface area is 221 Å². The molecule has 0 aliphatic rings. The van der Waals surface area contributed by atoms with Crippen LogP contribution in [-0.2, 0) is 23.7 Å². The van der Waals surface area contributed by atoms with Crippen LogP contribution in [0.2, 0.25) is 0 Å². The number of rotatable bonds is 8. The SMILES string of the molecule is Cn1nc(-c2ccc(NS(=O)(=O)C(F)F)c(OCc3ccc(F)cc3)c2)c2c(N)ncc(-c3ccncc3)c21. The Balaban J connectivity index is 1.62. The summed E-state index contributed by atoms with van der Waals surface area (Å²) in [4.78, 5) is 8.39. The van der Waals surface area contributed by atoms with Crippen molar-refractivity contribution in [2.24, 2.45) is 7.05 Å². The van der Waals surface area contributed by atoms with Crippen molar-refractivity contribution in [2.75, 3.05) is 10.5 Å². The first-order valence-corrected chi connectivity index (χ1v) is 13.0. The topological polar surface area (TPSA) is 125 Å². The van der Waals surface area contributed by atoms with E-state index in [4.69, 9.17) is 10.5 Å². The molecule has 13 heteroatoms. The molecule has 3 N–H and O–H groups in total. The lowest BCUT2D eigenvalue weighted by Crippen LogP contribution is -2.21. The number of alkyl halides is 2. The number of fused-ring (bicyclic) bond motifs is 1. The maximum absolute atomic E-state index is 13.3. The Hall–Kier alpha value is -4.65. The number of ether oxygens (including phenoxy) is 1. The van der Waals surface area contributed by atoms with Crippen LogP contribution in [0.4, 0.5) is 24.7 Å². The van der Waals surface area contributed by atoms with Gasteiger partial charge >= 0.3 is 5.76 Å². The Bertz CT molecular complexity index is 1760. The fraction of sp³-hybridized carbons (Fsp3) is 0.115. The lowest BCUT2D eigenvalue weighted by atomic mass is 10.0. The normalized spacial score (nSPS) is 11.7. The van der Waals surface area contributed by atoms with E-state index in [1.54, 1.807) is 30.3 Å². The molecule has 5 aromatic rings. The fourth-order valence-electron chi connectivity index (χ4n) is 4.09. The number of pyridine rings is 2. The van der Waals surface area contributed by atoms with Gasteiger partial charge in [0.2, 0.25) is 0 Å². The highest BCUT2D eigenvalue weighted by molar-refractivity contribution is 7.93. The monoisotopic (exact) mass is 554 g/mol. The van der Waals surface area contributed by atoms with Crippen molar-refractivity contribution in [3.05, 3.63) is 84.6 Å². The number of nitrogens with one attached hydrogen (secondary N) is 1. The van der Waals surface area contributed by atoms with Gasteiger partial charge in [-0.1, -0.05) is 18.2 Å². The van der Waals surface area contributed by atoms with Gasteiger partial charge in [-0.25, -0.2) is 17.8 Å². The minimum atomic E-state index is -4.98. The first-order valence-electron chi connectivity index (χ1n) is 11.5. The van der Waals surface area contributed by atoms with E-state index in [0.717, 1.165) is 11.1 Å². The largest absolute Gasteiger partial charge is 0.487 e. The van der Waals surface area contributed by atoms with Crippen LogP contribution < -0.4 is 15.2 Å². The van der Waals surface area contributed by atoms with E-state index in [9.17, 15) is 21.6 Å². The van der Waals surface area contributed by atoms with Crippen LogP contribution in [0.3, 0.4) is 0 Å². The van der Waals surface area contributed by atoms with E-state index < -0.39 is 21.6 Å². The maximum atomic E-state index is 13.3. The second-order valence-electron chi connectivity index (χ2n) is 8.52. The van der Waals surface area contributed by atoms with Crippen molar-refractivity contribution in [1.29, 1.82) is 0 Å². The average molecular weight is 555 g/mol. The number of benzene rings is 2. The number of nitrogens with zero attached hydrogens (tertiary/aromatic N) is 4. The van der Waals surface area contributed by atoms with Crippen molar-refractivity contribution in [3.63, 3.8) is 0 Å². The molecule has 5 rings (SSSR count). The van der Waals surface area contributed by atoms with Crippen LogP contribution in [0.5, 0.6) is 5.75 Å². The number of aryl methyl sites for hydroxylation is 1. The van der Waals surface area contributed by atoms with E-state index in [1.807, 2.05) is 16.9 Å². The van der Waals surface area contributed by atoms with Gasteiger partial charge in [-0.05, 0) is 47.5 Å². The van der Waals surface area contributed by atoms with Gasteiger partial charge in [0.25, 0.3) is 10.0 Å². The van der Waals surface area contributed by atoms with Crippen molar-refractivity contribution >= 4 is 32.4 Å². The van der Waals surface area contributed by atoms with Crippen LogP contribution in [0, 0.1) is 5.82 Å². The number of sulfonamides is 1. The standard InChI is InChI=1S/C26H21F3N6O3S/c1-35-24-19(16-8-10-31-11-9-16)13-32-25(30)22(24)23(33-35)17-4-7-20(34-39(36,37)26(28)29)21(12-17)38-14-15-2-5-18(27)6-3-15/h2-13,26,34H,14H2,1H3,(H2,30,32). The predicted octanol–water partition coefficient (Wildman–Crippen LogP) is 4.96. The number of halogens is 3. The van der Waals surface area contributed by atoms with E-state index >= 15 is 0 Å². The minimum absolute atomic E-state index is 0.0447.